The predicted molar refractivity (Wildman–Crippen MR) is 203 cm³/mol. The zero-order chi connectivity index (χ0) is 36.0. The smallest absolute Gasteiger partial charge is 0.115 e. The lowest BCUT2D eigenvalue weighted by molar-refractivity contribution is -0.0226. The number of aryl methyl sites for hydroxylation is 1. The molecule has 0 spiro atoms. The fraction of sp³-hybridized carbons (Fsp3) is 0.733. The van der Waals surface area contributed by atoms with E-state index in [2.05, 4.69) is 45.6 Å². The van der Waals surface area contributed by atoms with Gasteiger partial charge in [-0.05, 0) is 179 Å². The Morgan fingerprint density at radius 2 is 1.66 bits per heavy atom. The van der Waals surface area contributed by atoms with Crippen molar-refractivity contribution in [3.8, 4) is 5.75 Å². The van der Waals surface area contributed by atoms with Gasteiger partial charge < -0.3 is 25.5 Å². The molecule has 5 heteroatoms. The number of phenols is 1. The van der Waals surface area contributed by atoms with Crippen LogP contribution in [0.3, 0.4) is 0 Å². The number of fused-ring (bicyclic) bond motifs is 6. The second-order valence-corrected chi connectivity index (χ2v) is 18.8. The first-order valence-electron chi connectivity index (χ1n) is 20.3. The fourth-order valence-electron chi connectivity index (χ4n) is 12.2. The van der Waals surface area contributed by atoms with Gasteiger partial charge in [0.1, 0.15) is 5.75 Å². The Morgan fingerprint density at radius 3 is 2.38 bits per heavy atom. The van der Waals surface area contributed by atoms with Gasteiger partial charge in [-0.2, -0.15) is 0 Å². The van der Waals surface area contributed by atoms with Crippen molar-refractivity contribution in [1.82, 2.24) is 0 Å². The molecule has 0 unspecified atom stereocenters. The molecule has 5 nitrogen and oxygen atoms in total. The van der Waals surface area contributed by atoms with Crippen molar-refractivity contribution in [2.24, 2.45) is 40.4 Å². The number of allylic oxidation sites excluding steroid dienone is 3. The van der Waals surface area contributed by atoms with E-state index in [-0.39, 0.29) is 11.5 Å². The standard InChI is InChI=1S/C27H44O3.C18H24O2/c1-18(8-6-14-26(3,4)30)22-12-13-23-21(9-7-15-27(22,23)5)11-10-20-16-24(28)19(2)25(29)17-20;1-18-9-8-14-13-5-3-12(19)10-11(13)2-4-15(14)16(18)6-7-17(18)20/h10-11,18,22-25,28-30H,2,6-9,12-17H2,1,3-5H3;3,5,10,14-17,19-20H,2,4,6-9H2,1H3/b21-11+;/t18-,22+,23-,24+,25+,27+;14-,15-,16+,17+,18+/m01/s1. The Balaban J connectivity index is 0.000000186. The van der Waals surface area contributed by atoms with Crippen LogP contribution >= 0.6 is 0 Å². The van der Waals surface area contributed by atoms with E-state index in [1.807, 2.05) is 26.0 Å². The van der Waals surface area contributed by atoms with Gasteiger partial charge in [-0.3, -0.25) is 0 Å². The first kappa shape index (κ1) is 37.8. The van der Waals surface area contributed by atoms with Crippen molar-refractivity contribution >= 4 is 0 Å². The van der Waals surface area contributed by atoms with Gasteiger partial charge in [-0.1, -0.05) is 69.6 Å². The molecule has 0 saturated heterocycles. The van der Waals surface area contributed by atoms with Crippen molar-refractivity contribution in [3.05, 3.63) is 64.8 Å². The molecule has 50 heavy (non-hydrogen) atoms. The number of aliphatic hydroxyl groups excluding tert-OH is 3. The first-order valence-corrected chi connectivity index (χ1v) is 20.3. The third kappa shape index (κ3) is 7.59. The maximum Gasteiger partial charge on any atom is 0.115 e. The van der Waals surface area contributed by atoms with Crippen LogP contribution in [0.5, 0.6) is 5.75 Å². The second kappa shape index (κ2) is 14.8. The Hall–Kier alpha value is -1.92. The number of benzene rings is 1. The summed E-state index contributed by atoms with van der Waals surface area (Å²) >= 11 is 0. The third-order valence-corrected chi connectivity index (χ3v) is 15.1. The van der Waals surface area contributed by atoms with Gasteiger partial charge in [0.05, 0.1) is 23.9 Å². The minimum Gasteiger partial charge on any atom is -0.508 e. The average Bonchev–Trinajstić information content (AvgIpc) is 3.57. The molecule has 11 atom stereocenters. The van der Waals surface area contributed by atoms with E-state index in [9.17, 15) is 25.5 Å². The zero-order valence-electron chi connectivity index (χ0n) is 31.8. The lowest BCUT2D eigenvalue weighted by Crippen LogP contribution is -2.43. The maximum absolute atomic E-state index is 10.4. The Kier molecular flexibility index (Phi) is 11.2. The first-order chi connectivity index (χ1) is 23.6. The highest BCUT2D eigenvalue weighted by molar-refractivity contribution is 5.40. The monoisotopic (exact) mass is 689 g/mol. The zero-order valence-corrected chi connectivity index (χ0v) is 31.8. The van der Waals surface area contributed by atoms with Gasteiger partial charge in [0.2, 0.25) is 0 Å². The van der Waals surface area contributed by atoms with E-state index in [1.165, 1.54) is 68.9 Å². The molecule has 278 valence electrons. The van der Waals surface area contributed by atoms with Gasteiger partial charge in [-0.15, -0.1) is 0 Å². The fourth-order valence-corrected chi connectivity index (χ4v) is 12.2. The summed E-state index contributed by atoms with van der Waals surface area (Å²) in [5.74, 6) is 4.62. The average molecular weight is 689 g/mol. The molecule has 5 fully saturated rings. The highest BCUT2D eigenvalue weighted by Gasteiger charge is 2.54. The molecule has 5 N–H and O–H groups in total. The molecule has 7 rings (SSSR count). The molecule has 0 aliphatic heterocycles. The summed E-state index contributed by atoms with van der Waals surface area (Å²) in [5.41, 5.74) is 6.10. The molecule has 6 aliphatic carbocycles. The number of aliphatic hydroxyl groups is 4. The molecular formula is C45H68O5. The van der Waals surface area contributed by atoms with Crippen LogP contribution in [-0.2, 0) is 6.42 Å². The summed E-state index contributed by atoms with van der Waals surface area (Å²) in [4.78, 5) is 0. The molecule has 6 aliphatic rings. The Bertz CT molecular complexity index is 1420. The van der Waals surface area contributed by atoms with E-state index in [1.54, 1.807) is 5.57 Å². The summed E-state index contributed by atoms with van der Waals surface area (Å²) in [5, 5.41) is 50.3. The van der Waals surface area contributed by atoms with Crippen molar-refractivity contribution in [2.75, 3.05) is 0 Å². The van der Waals surface area contributed by atoms with Crippen LogP contribution in [0.15, 0.2) is 53.6 Å². The van der Waals surface area contributed by atoms with Crippen LogP contribution in [0.4, 0.5) is 0 Å². The summed E-state index contributed by atoms with van der Waals surface area (Å²) in [7, 11) is 0. The van der Waals surface area contributed by atoms with E-state index < -0.39 is 17.8 Å². The van der Waals surface area contributed by atoms with Gasteiger partial charge in [-0.25, -0.2) is 0 Å². The van der Waals surface area contributed by atoms with Crippen molar-refractivity contribution in [2.45, 2.75) is 167 Å². The van der Waals surface area contributed by atoms with Gasteiger partial charge in [0, 0.05) is 0 Å². The summed E-state index contributed by atoms with van der Waals surface area (Å²) in [6, 6.07) is 5.96. The minimum absolute atomic E-state index is 0.0883. The van der Waals surface area contributed by atoms with Crippen LogP contribution in [-0.4, -0.2) is 49.4 Å². The highest BCUT2D eigenvalue weighted by Crippen LogP contribution is 2.62. The van der Waals surface area contributed by atoms with E-state index >= 15 is 0 Å². The molecule has 0 bridgehead atoms. The summed E-state index contributed by atoms with van der Waals surface area (Å²) in [6.45, 7) is 14.9. The summed E-state index contributed by atoms with van der Waals surface area (Å²) < 4.78 is 0. The van der Waals surface area contributed by atoms with Crippen molar-refractivity contribution < 1.29 is 25.5 Å². The maximum atomic E-state index is 10.4. The number of phenolic OH excluding ortho intramolecular Hbond substituents is 1. The molecule has 1 aromatic carbocycles. The summed E-state index contributed by atoms with van der Waals surface area (Å²) in [6.07, 6.45) is 20.8. The molecule has 1 aromatic rings. The SMILES string of the molecule is C=C1[C@H](O)CC(=C/C=C2\CCC[C@]3(C)[C@@H]([C@@H](C)CCCC(C)(C)O)CC[C@@H]23)C[C@H]1O.C[C@]12CC[C@@H]3c4ccc(O)cc4CC[C@H]3[C@@H]1CC[C@@H]2O. The quantitative estimate of drug-likeness (QED) is 0.192. The van der Waals surface area contributed by atoms with Crippen molar-refractivity contribution in [1.29, 1.82) is 0 Å². The van der Waals surface area contributed by atoms with Crippen LogP contribution in [0, 0.1) is 40.4 Å². The normalized spacial score (nSPS) is 39.5. The lowest BCUT2D eigenvalue weighted by Gasteiger charge is -2.50. The lowest BCUT2D eigenvalue weighted by atomic mass is 9.55. The largest absolute Gasteiger partial charge is 0.508 e. The molecule has 0 radical (unpaired) electrons. The highest BCUT2D eigenvalue weighted by atomic mass is 16.3. The molecule has 5 saturated carbocycles. The van der Waals surface area contributed by atoms with Crippen LogP contribution in [0.25, 0.3) is 0 Å². The van der Waals surface area contributed by atoms with Crippen molar-refractivity contribution in [3.63, 3.8) is 0 Å². The van der Waals surface area contributed by atoms with Gasteiger partial charge in [0.15, 0.2) is 0 Å². The Labute approximate surface area is 303 Å². The number of rotatable bonds is 6. The van der Waals surface area contributed by atoms with Gasteiger partial charge >= 0.3 is 0 Å². The van der Waals surface area contributed by atoms with Crippen LogP contribution < -0.4 is 0 Å². The second-order valence-electron chi connectivity index (χ2n) is 18.8. The van der Waals surface area contributed by atoms with E-state index in [0.29, 0.717) is 53.3 Å². The Morgan fingerprint density at radius 1 is 0.920 bits per heavy atom. The van der Waals surface area contributed by atoms with Gasteiger partial charge in [0.25, 0.3) is 0 Å². The third-order valence-electron chi connectivity index (χ3n) is 15.1. The minimum atomic E-state index is -0.615. The van der Waals surface area contributed by atoms with E-state index in [0.717, 1.165) is 49.5 Å². The predicted octanol–water partition coefficient (Wildman–Crippen LogP) is 9.31. The van der Waals surface area contributed by atoms with Crippen LogP contribution in [0.2, 0.25) is 0 Å². The molecule has 0 amide bonds. The molecule has 0 aromatic heterocycles. The van der Waals surface area contributed by atoms with Crippen LogP contribution in [0.1, 0.15) is 148 Å². The molecule has 0 heterocycles. The number of aromatic hydroxyl groups is 1. The molecular weight excluding hydrogens is 620 g/mol. The number of hydrogen-bond donors (Lipinski definition) is 5. The van der Waals surface area contributed by atoms with E-state index in [4.69, 9.17) is 0 Å². The topological polar surface area (TPSA) is 101 Å². The number of hydrogen-bond acceptors (Lipinski definition) is 5.